The first-order chi connectivity index (χ1) is 10.7. The van der Waals surface area contributed by atoms with Gasteiger partial charge in [0.15, 0.2) is 0 Å². The van der Waals surface area contributed by atoms with Gasteiger partial charge in [-0.2, -0.15) is 26.3 Å². The number of carbonyl (C=O) groups is 1. The third kappa shape index (κ3) is 5.64. The summed E-state index contributed by atoms with van der Waals surface area (Å²) in [5.41, 5.74) is -1.65. The number of hydrogen-bond donors (Lipinski definition) is 0. The van der Waals surface area contributed by atoms with E-state index in [1.807, 2.05) is 0 Å². The molecule has 0 amide bonds. The molecule has 24 heavy (non-hydrogen) atoms. The summed E-state index contributed by atoms with van der Waals surface area (Å²) in [6.07, 6.45) is -11.0. The lowest BCUT2D eigenvalue weighted by molar-refractivity contribution is -0.238. The fourth-order valence-corrected chi connectivity index (χ4v) is 1.94. The maximum absolute atomic E-state index is 13.0. The molecule has 0 heterocycles. The van der Waals surface area contributed by atoms with E-state index in [-0.39, 0.29) is 13.2 Å². The van der Waals surface area contributed by atoms with Gasteiger partial charge >= 0.3 is 12.4 Å². The fourth-order valence-electron chi connectivity index (χ4n) is 1.94. The molecule has 0 bridgehead atoms. The van der Waals surface area contributed by atoms with Crippen molar-refractivity contribution < 1.29 is 44.7 Å². The summed E-state index contributed by atoms with van der Waals surface area (Å²) in [6, 6.07) is 1.87. The van der Waals surface area contributed by atoms with Gasteiger partial charge in [0, 0.05) is 5.56 Å². The van der Waals surface area contributed by atoms with Crippen LogP contribution in [-0.4, -0.2) is 25.0 Å². The molecule has 1 aromatic rings. The lowest BCUT2D eigenvalue weighted by Gasteiger charge is -2.25. The highest BCUT2D eigenvalue weighted by Gasteiger charge is 2.52. The normalized spacial score (nSPS) is 14.4. The van der Waals surface area contributed by atoms with Crippen molar-refractivity contribution in [3.63, 3.8) is 0 Å². The minimum Gasteiger partial charge on any atom is -0.494 e. The van der Waals surface area contributed by atoms with Gasteiger partial charge in [0.1, 0.15) is 18.0 Å². The lowest BCUT2D eigenvalue weighted by atomic mass is 9.98. The van der Waals surface area contributed by atoms with Crippen LogP contribution in [0.2, 0.25) is 0 Å². The van der Waals surface area contributed by atoms with Crippen molar-refractivity contribution in [3.05, 3.63) is 29.3 Å². The molecule has 0 aliphatic carbocycles. The molecule has 0 aliphatic rings. The zero-order chi connectivity index (χ0) is 18.8. The van der Waals surface area contributed by atoms with Gasteiger partial charge in [0.25, 0.3) is 5.92 Å². The number of carbonyl (C=O) groups excluding carboxylic acids is 1. The summed E-state index contributed by atoms with van der Waals surface area (Å²) in [5.74, 6) is -7.60. The smallest absolute Gasteiger partial charge is 0.416 e. The fraction of sp³-hybridized carbons (Fsp3) is 0.500. The molecule has 2 nitrogen and oxygen atoms in total. The first-order valence-electron chi connectivity index (χ1n) is 6.50. The zero-order valence-corrected chi connectivity index (χ0v) is 12.1. The first-order valence-corrected chi connectivity index (χ1v) is 6.50. The van der Waals surface area contributed by atoms with Gasteiger partial charge < -0.3 is 4.74 Å². The minimum absolute atomic E-state index is 0.0971. The van der Waals surface area contributed by atoms with Gasteiger partial charge in [-0.25, -0.2) is 8.78 Å². The summed E-state index contributed by atoms with van der Waals surface area (Å²) in [6.45, 7) is -0.798. The van der Waals surface area contributed by atoms with Crippen molar-refractivity contribution >= 4 is 6.29 Å². The van der Waals surface area contributed by atoms with E-state index in [4.69, 9.17) is 4.74 Å². The predicted molar refractivity (Wildman–Crippen MR) is 67.1 cm³/mol. The second kappa shape index (κ2) is 6.94. The van der Waals surface area contributed by atoms with Crippen molar-refractivity contribution in [3.8, 4) is 5.75 Å². The van der Waals surface area contributed by atoms with Crippen LogP contribution in [0.25, 0.3) is 0 Å². The van der Waals surface area contributed by atoms with E-state index in [1.54, 1.807) is 0 Å². The van der Waals surface area contributed by atoms with Crippen molar-refractivity contribution in [2.24, 2.45) is 5.92 Å². The van der Waals surface area contributed by atoms with Crippen LogP contribution >= 0.6 is 0 Å². The van der Waals surface area contributed by atoms with E-state index in [0.29, 0.717) is 12.1 Å². The average molecular weight is 364 g/mol. The van der Waals surface area contributed by atoms with Crippen LogP contribution in [0.4, 0.5) is 35.1 Å². The quantitative estimate of drug-likeness (QED) is 0.517. The summed E-state index contributed by atoms with van der Waals surface area (Å²) < 4.78 is 106. The van der Waals surface area contributed by atoms with Gasteiger partial charge in [0.05, 0.1) is 12.2 Å². The molecule has 0 saturated carbocycles. The number of aldehydes is 1. The average Bonchev–Trinajstić information content (AvgIpc) is 2.39. The molecule has 1 aromatic carbocycles. The van der Waals surface area contributed by atoms with Crippen LogP contribution in [0.5, 0.6) is 5.75 Å². The van der Waals surface area contributed by atoms with Crippen molar-refractivity contribution in [2.45, 2.75) is 31.6 Å². The Hall–Kier alpha value is -1.87. The van der Waals surface area contributed by atoms with Crippen LogP contribution < -0.4 is 4.74 Å². The van der Waals surface area contributed by atoms with Gasteiger partial charge in [-0.05, 0) is 31.5 Å². The molecule has 1 atom stereocenters. The maximum Gasteiger partial charge on any atom is 0.416 e. The van der Waals surface area contributed by atoms with E-state index in [0.717, 1.165) is 6.07 Å². The molecule has 0 radical (unpaired) electrons. The Kier molecular flexibility index (Phi) is 5.83. The molecule has 0 N–H and O–H groups in total. The molecule has 1 unspecified atom stereocenters. The third-order valence-electron chi connectivity index (χ3n) is 3.07. The van der Waals surface area contributed by atoms with E-state index < -0.39 is 54.1 Å². The highest BCUT2D eigenvalue weighted by atomic mass is 19.4. The summed E-state index contributed by atoms with van der Waals surface area (Å²) in [5, 5.41) is 0. The predicted octanol–water partition coefficient (Wildman–Crippen LogP) is 5.12. The van der Waals surface area contributed by atoms with E-state index >= 15 is 0 Å². The van der Waals surface area contributed by atoms with E-state index in [9.17, 15) is 39.9 Å². The number of halogens is 8. The SMILES string of the molecule is CC(F)(F)C(CCOc1cc(C=O)cc(C(F)(F)F)c1)C(F)(F)F. The number of hydrogen-bond acceptors (Lipinski definition) is 2. The largest absolute Gasteiger partial charge is 0.494 e. The molecule has 1 rings (SSSR count). The Bertz CT molecular complexity index is 558. The highest BCUT2D eigenvalue weighted by molar-refractivity contribution is 5.76. The Morgan fingerprint density at radius 2 is 1.62 bits per heavy atom. The van der Waals surface area contributed by atoms with Crippen LogP contribution in [-0.2, 0) is 6.18 Å². The second-order valence-corrected chi connectivity index (χ2v) is 5.09. The van der Waals surface area contributed by atoms with Crippen molar-refractivity contribution in [1.29, 1.82) is 0 Å². The summed E-state index contributed by atoms with van der Waals surface area (Å²) >= 11 is 0. The first kappa shape index (κ1) is 20.2. The number of alkyl halides is 8. The number of rotatable bonds is 6. The zero-order valence-electron chi connectivity index (χ0n) is 12.1. The Morgan fingerprint density at radius 1 is 1.04 bits per heavy atom. The highest BCUT2D eigenvalue weighted by Crippen LogP contribution is 2.40. The Balaban J connectivity index is 2.89. The molecular formula is C14H12F8O2. The lowest BCUT2D eigenvalue weighted by Crippen LogP contribution is -2.38. The summed E-state index contributed by atoms with van der Waals surface area (Å²) in [7, 11) is 0. The van der Waals surface area contributed by atoms with Crippen LogP contribution in [0, 0.1) is 5.92 Å². The molecule has 0 aliphatic heterocycles. The molecule has 0 aromatic heterocycles. The molecule has 0 saturated heterocycles. The Morgan fingerprint density at radius 3 is 2.04 bits per heavy atom. The van der Waals surface area contributed by atoms with Crippen LogP contribution in [0.1, 0.15) is 29.3 Å². The third-order valence-corrected chi connectivity index (χ3v) is 3.07. The Labute approximate surface area is 131 Å². The number of benzene rings is 1. The molecule has 10 heteroatoms. The molecule has 0 spiro atoms. The second-order valence-electron chi connectivity index (χ2n) is 5.09. The van der Waals surface area contributed by atoms with E-state index in [2.05, 4.69) is 0 Å². The maximum atomic E-state index is 13.0. The number of ether oxygens (including phenoxy) is 1. The van der Waals surface area contributed by atoms with Crippen LogP contribution in [0.3, 0.4) is 0 Å². The standard InChI is InChI=1S/C14H12F8O2/c1-12(15,16)11(14(20,21)22)2-3-24-10-5-8(7-23)4-9(6-10)13(17,18)19/h4-7,11H,2-3H2,1H3. The van der Waals surface area contributed by atoms with Gasteiger partial charge in [-0.1, -0.05) is 0 Å². The molecular weight excluding hydrogens is 352 g/mol. The van der Waals surface area contributed by atoms with E-state index in [1.165, 1.54) is 0 Å². The van der Waals surface area contributed by atoms with Crippen molar-refractivity contribution in [1.82, 2.24) is 0 Å². The summed E-state index contributed by atoms with van der Waals surface area (Å²) in [4.78, 5) is 10.6. The van der Waals surface area contributed by atoms with Gasteiger partial charge in [-0.3, -0.25) is 4.79 Å². The minimum atomic E-state index is -5.19. The topological polar surface area (TPSA) is 26.3 Å². The van der Waals surface area contributed by atoms with Crippen molar-refractivity contribution in [2.75, 3.05) is 6.61 Å². The van der Waals surface area contributed by atoms with Crippen LogP contribution in [0.15, 0.2) is 18.2 Å². The monoisotopic (exact) mass is 364 g/mol. The van der Waals surface area contributed by atoms with Gasteiger partial charge in [0.2, 0.25) is 0 Å². The molecule has 0 fully saturated rings. The van der Waals surface area contributed by atoms with Gasteiger partial charge in [-0.15, -0.1) is 0 Å². The molecule has 136 valence electrons.